The molecule has 1 fully saturated rings. The van der Waals surface area contributed by atoms with Gasteiger partial charge in [-0.2, -0.15) is 5.26 Å². The molecule has 18 heavy (non-hydrogen) atoms. The fourth-order valence-corrected chi connectivity index (χ4v) is 2.60. The predicted molar refractivity (Wildman–Crippen MR) is 67.8 cm³/mol. The summed E-state index contributed by atoms with van der Waals surface area (Å²) < 4.78 is 0. The van der Waals surface area contributed by atoms with Gasteiger partial charge >= 0.3 is 0 Å². The molecule has 0 aromatic carbocycles. The maximum absolute atomic E-state index is 12.3. The molecule has 4 heteroatoms. The van der Waals surface area contributed by atoms with Crippen LogP contribution in [-0.2, 0) is 0 Å². The van der Waals surface area contributed by atoms with Crippen molar-refractivity contribution in [1.82, 2.24) is 9.88 Å². The third kappa shape index (κ3) is 2.67. The number of hydrogen-bond donors (Lipinski definition) is 0. The van der Waals surface area contributed by atoms with Crippen molar-refractivity contribution >= 4 is 5.91 Å². The van der Waals surface area contributed by atoms with Crippen molar-refractivity contribution < 1.29 is 4.79 Å². The van der Waals surface area contributed by atoms with Gasteiger partial charge < -0.3 is 4.90 Å². The number of carbonyl (C=O) groups excluding carboxylic acids is 1. The number of nitriles is 1. The normalized spacial score (nSPS) is 23.5. The number of likely N-dealkylation sites (tertiary alicyclic amines) is 1. The third-order valence-electron chi connectivity index (χ3n) is 3.28. The highest BCUT2D eigenvalue weighted by Crippen LogP contribution is 2.22. The summed E-state index contributed by atoms with van der Waals surface area (Å²) in [6, 6.07) is 5.22. The fraction of sp³-hybridized carbons (Fsp3) is 0.500. The first-order chi connectivity index (χ1) is 8.60. The van der Waals surface area contributed by atoms with E-state index < -0.39 is 0 Å². The largest absolute Gasteiger partial charge is 0.338 e. The molecule has 2 atom stereocenters. The van der Waals surface area contributed by atoms with E-state index >= 15 is 0 Å². The van der Waals surface area contributed by atoms with Crippen LogP contribution in [0.25, 0.3) is 0 Å². The molecule has 0 radical (unpaired) electrons. The van der Waals surface area contributed by atoms with E-state index in [1.54, 1.807) is 12.1 Å². The third-order valence-corrected chi connectivity index (χ3v) is 3.28. The van der Waals surface area contributed by atoms with Crippen LogP contribution in [0.1, 0.15) is 36.3 Å². The highest BCUT2D eigenvalue weighted by Gasteiger charge is 2.26. The molecule has 1 aliphatic rings. The summed E-state index contributed by atoms with van der Waals surface area (Å²) in [6.07, 6.45) is 2.67. The molecule has 0 aliphatic carbocycles. The van der Waals surface area contributed by atoms with Crippen LogP contribution >= 0.6 is 0 Å². The number of pyridine rings is 1. The van der Waals surface area contributed by atoms with Crippen LogP contribution in [0.5, 0.6) is 0 Å². The number of amides is 1. The number of hydrogen-bond acceptors (Lipinski definition) is 3. The molecule has 0 bridgehead atoms. The van der Waals surface area contributed by atoms with Gasteiger partial charge in [-0.3, -0.25) is 4.79 Å². The molecule has 94 valence electrons. The Balaban J connectivity index is 2.12. The van der Waals surface area contributed by atoms with Gasteiger partial charge in [0.2, 0.25) is 0 Å². The van der Waals surface area contributed by atoms with Crippen LogP contribution in [0.2, 0.25) is 0 Å². The topological polar surface area (TPSA) is 57.0 Å². The SMILES string of the molecule is CC1CC(C)CN(C(=O)c2ccc(C#N)nc2)C1. The Morgan fingerprint density at radius 1 is 1.39 bits per heavy atom. The molecular formula is C14H17N3O. The summed E-state index contributed by atoms with van der Waals surface area (Å²) >= 11 is 0. The van der Waals surface area contributed by atoms with E-state index in [1.807, 2.05) is 11.0 Å². The smallest absolute Gasteiger partial charge is 0.255 e. The second-order valence-electron chi connectivity index (χ2n) is 5.20. The van der Waals surface area contributed by atoms with Gasteiger partial charge in [-0.15, -0.1) is 0 Å². The van der Waals surface area contributed by atoms with Gasteiger partial charge in [0.05, 0.1) is 5.56 Å². The van der Waals surface area contributed by atoms with Gasteiger partial charge in [-0.05, 0) is 30.4 Å². The molecule has 2 heterocycles. The zero-order valence-corrected chi connectivity index (χ0v) is 10.8. The maximum atomic E-state index is 12.3. The first-order valence-electron chi connectivity index (χ1n) is 6.25. The zero-order chi connectivity index (χ0) is 13.1. The van der Waals surface area contributed by atoms with Crippen molar-refractivity contribution in [2.45, 2.75) is 20.3 Å². The van der Waals surface area contributed by atoms with Crippen LogP contribution in [0, 0.1) is 23.2 Å². The van der Waals surface area contributed by atoms with Gasteiger partial charge in [-0.25, -0.2) is 4.98 Å². The van der Waals surface area contributed by atoms with Crippen molar-refractivity contribution in [3.63, 3.8) is 0 Å². The van der Waals surface area contributed by atoms with Crippen LogP contribution in [-0.4, -0.2) is 28.9 Å². The van der Waals surface area contributed by atoms with Crippen molar-refractivity contribution in [1.29, 1.82) is 5.26 Å². The first kappa shape index (κ1) is 12.6. The average Bonchev–Trinajstić information content (AvgIpc) is 2.37. The minimum Gasteiger partial charge on any atom is -0.338 e. The lowest BCUT2D eigenvalue weighted by Gasteiger charge is -2.35. The second kappa shape index (κ2) is 5.18. The Bertz CT molecular complexity index is 465. The lowest BCUT2D eigenvalue weighted by Crippen LogP contribution is -2.42. The molecule has 1 saturated heterocycles. The molecular weight excluding hydrogens is 226 g/mol. The Morgan fingerprint density at radius 3 is 2.56 bits per heavy atom. The summed E-state index contributed by atoms with van der Waals surface area (Å²) in [6.45, 7) is 5.96. The van der Waals surface area contributed by atoms with E-state index in [1.165, 1.54) is 12.6 Å². The molecule has 2 rings (SSSR count). The lowest BCUT2D eigenvalue weighted by molar-refractivity contribution is 0.0622. The van der Waals surface area contributed by atoms with Crippen molar-refractivity contribution in [2.24, 2.45) is 11.8 Å². The summed E-state index contributed by atoms with van der Waals surface area (Å²) in [5.74, 6) is 1.11. The summed E-state index contributed by atoms with van der Waals surface area (Å²) in [5.41, 5.74) is 0.905. The molecule has 0 saturated carbocycles. The minimum absolute atomic E-state index is 0.0189. The molecule has 1 aromatic heterocycles. The van der Waals surface area contributed by atoms with Crippen LogP contribution in [0.3, 0.4) is 0 Å². The molecule has 0 N–H and O–H groups in total. The van der Waals surface area contributed by atoms with E-state index in [4.69, 9.17) is 5.26 Å². The van der Waals surface area contributed by atoms with Crippen molar-refractivity contribution in [3.8, 4) is 6.07 Å². The van der Waals surface area contributed by atoms with Gasteiger partial charge in [0.1, 0.15) is 11.8 Å². The van der Waals surface area contributed by atoms with Gasteiger partial charge in [-0.1, -0.05) is 13.8 Å². The Kier molecular flexibility index (Phi) is 3.61. The van der Waals surface area contributed by atoms with E-state index in [0.29, 0.717) is 23.1 Å². The van der Waals surface area contributed by atoms with Crippen molar-refractivity contribution in [2.75, 3.05) is 13.1 Å². The number of piperidine rings is 1. The monoisotopic (exact) mass is 243 g/mol. The molecule has 1 aromatic rings. The van der Waals surface area contributed by atoms with Crippen LogP contribution in [0.4, 0.5) is 0 Å². The fourth-order valence-electron chi connectivity index (χ4n) is 2.60. The molecule has 1 aliphatic heterocycles. The second-order valence-corrected chi connectivity index (χ2v) is 5.20. The number of nitrogens with zero attached hydrogens (tertiary/aromatic N) is 3. The standard InChI is InChI=1S/C14H17N3O/c1-10-5-11(2)9-17(8-10)14(18)12-3-4-13(6-15)16-7-12/h3-4,7,10-11H,5,8-9H2,1-2H3. The minimum atomic E-state index is 0.0189. The molecule has 2 unspecified atom stereocenters. The Labute approximate surface area is 107 Å². The highest BCUT2D eigenvalue weighted by atomic mass is 16.2. The van der Waals surface area contributed by atoms with Crippen LogP contribution < -0.4 is 0 Å². The highest BCUT2D eigenvalue weighted by molar-refractivity contribution is 5.94. The Hall–Kier alpha value is -1.89. The average molecular weight is 243 g/mol. The van der Waals surface area contributed by atoms with E-state index in [9.17, 15) is 4.79 Å². The zero-order valence-electron chi connectivity index (χ0n) is 10.8. The van der Waals surface area contributed by atoms with Crippen LogP contribution in [0.15, 0.2) is 18.3 Å². The first-order valence-corrected chi connectivity index (χ1v) is 6.25. The van der Waals surface area contributed by atoms with Gasteiger partial charge in [0.15, 0.2) is 0 Å². The number of carbonyl (C=O) groups is 1. The van der Waals surface area contributed by atoms with Gasteiger partial charge in [0, 0.05) is 19.3 Å². The summed E-state index contributed by atoms with van der Waals surface area (Å²) in [5, 5.41) is 8.68. The number of aromatic nitrogens is 1. The van der Waals surface area contributed by atoms with E-state index in [0.717, 1.165) is 13.1 Å². The molecule has 1 amide bonds. The molecule has 0 spiro atoms. The van der Waals surface area contributed by atoms with Crippen molar-refractivity contribution in [3.05, 3.63) is 29.6 Å². The predicted octanol–water partition coefficient (Wildman–Crippen LogP) is 2.07. The summed E-state index contributed by atoms with van der Waals surface area (Å²) in [4.78, 5) is 18.1. The molecule has 4 nitrogen and oxygen atoms in total. The maximum Gasteiger partial charge on any atom is 0.255 e. The quantitative estimate of drug-likeness (QED) is 0.758. The Morgan fingerprint density at radius 2 is 2.06 bits per heavy atom. The van der Waals surface area contributed by atoms with E-state index in [2.05, 4.69) is 18.8 Å². The number of rotatable bonds is 1. The lowest BCUT2D eigenvalue weighted by atomic mass is 9.91. The summed E-state index contributed by atoms with van der Waals surface area (Å²) in [7, 11) is 0. The van der Waals surface area contributed by atoms with Gasteiger partial charge in [0.25, 0.3) is 5.91 Å². The van der Waals surface area contributed by atoms with E-state index in [-0.39, 0.29) is 5.91 Å².